The molecule has 1 atom stereocenters. The van der Waals surface area contributed by atoms with Gasteiger partial charge in [0.15, 0.2) is 11.5 Å². The van der Waals surface area contributed by atoms with Crippen LogP contribution in [0.1, 0.15) is 36.2 Å². The molecule has 3 aromatic rings. The van der Waals surface area contributed by atoms with Crippen LogP contribution >= 0.6 is 0 Å². The number of amides is 1. The summed E-state index contributed by atoms with van der Waals surface area (Å²) in [7, 11) is 1.57. The molecule has 0 fully saturated rings. The Morgan fingerprint density at radius 3 is 2.55 bits per heavy atom. The van der Waals surface area contributed by atoms with E-state index in [0.717, 1.165) is 22.8 Å². The van der Waals surface area contributed by atoms with E-state index < -0.39 is 5.91 Å². The Hall–Kier alpha value is -3.54. The molecule has 29 heavy (non-hydrogen) atoms. The van der Waals surface area contributed by atoms with Crippen LogP contribution in [0.2, 0.25) is 0 Å². The second-order valence-electron chi connectivity index (χ2n) is 6.66. The predicted molar refractivity (Wildman–Crippen MR) is 114 cm³/mol. The maximum Gasteiger partial charge on any atom is 0.275 e. The lowest BCUT2D eigenvalue weighted by Crippen LogP contribution is -2.17. The predicted octanol–water partition coefficient (Wildman–Crippen LogP) is 4.50. The third-order valence-corrected chi connectivity index (χ3v) is 4.58. The normalized spacial score (nSPS) is 12.1. The highest BCUT2D eigenvalue weighted by Gasteiger charge is 2.12. The summed E-state index contributed by atoms with van der Waals surface area (Å²) in [6.07, 6.45) is 2.48. The lowest BCUT2D eigenvalue weighted by Gasteiger charge is -2.15. The van der Waals surface area contributed by atoms with Crippen LogP contribution in [0.4, 0.5) is 0 Å². The monoisotopic (exact) mass is 392 g/mol. The topological polar surface area (TPSA) is 80.2 Å². The number of hydrazone groups is 1. The van der Waals surface area contributed by atoms with Crippen LogP contribution in [0.3, 0.4) is 0 Å². The summed E-state index contributed by atoms with van der Waals surface area (Å²) in [5.41, 5.74) is 3.34. The minimum absolute atomic E-state index is 0.0809. The zero-order chi connectivity index (χ0) is 20.8. The maximum atomic E-state index is 12.4. The zero-order valence-corrected chi connectivity index (χ0v) is 16.7. The number of fused-ring (bicyclic) bond motifs is 1. The number of aromatic hydroxyl groups is 1. The molecule has 1 amide bonds. The van der Waals surface area contributed by atoms with E-state index in [2.05, 4.69) is 10.5 Å². The van der Waals surface area contributed by atoms with E-state index in [4.69, 9.17) is 9.47 Å². The Morgan fingerprint density at radius 2 is 1.86 bits per heavy atom. The van der Waals surface area contributed by atoms with Gasteiger partial charge in [0.05, 0.1) is 25.0 Å². The Balaban J connectivity index is 1.72. The third kappa shape index (κ3) is 4.85. The first-order chi connectivity index (χ1) is 14.0. The first-order valence-electron chi connectivity index (χ1n) is 9.41. The molecule has 0 aliphatic rings. The van der Waals surface area contributed by atoms with Crippen LogP contribution in [0.15, 0.2) is 59.7 Å². The fourth-order valence-corrected chi connectivity index (χ4v) is 2.80. The summed E-state index contributed by atoms with van der Waals surface area (Å²) in [5, 5.41) is 15.9. The van der Waals surface area contributed by atoms with E-state index in [-0.39, 0.29) is 17.4 Å². The zero-order valence-electron chi connectivity index (χ0n) is 16.7. The van der Waals surface area contributed by atoms with Gasteiger partial charge in [0, 0.05) is 0 Å². The molecule has 3 aromatic carbocycles. The van der Waals surface area contributed by atoms with Crippen molar-refractivity contribution >= 4 is 22.9 Å². The minimum Gasteiger partial charge on any atom is -0.507 e. The lowest BCUT2D eigenvalue weighted by molar-refractivity contribution is 0.0952. The summed E-state index contributed by atoms with van der Waals surface area (Å²) in [4.78, 5) is 12.4. The van der Waals surface area contributed by atoms with Crippen LogP contribution in [0.5, 0.6) is 17.2 Å². The van der Waals surface area contributed by atoms with Gasteiger partial charge in [-0.15, -0.1) is 0 Å². The summed E-state index contributed by atoms with van der Waals surface area (Å²) in [5.74, 6) is 0.662. The largest absolute Gasteiger partial charge is 0.507 e. The van der Waals surface area contributed by atoms with Crippen molar-refractivity contribution in [3.05, 3.63) is 65.7 Å². The van der Waals surface area contributed by atoms with E-state index >= 15 is 0 Å². The van der Waals surface area contributed by atoms with Crippen molar-refractivity contribution in [3.63, 3.8) is 0 Å². The number of phenolic OH excluding ortho intramolecular Hbond substituents is 1. The van der Waals surface area contributed by atoms with E-state index in [1.165, 1.54) is 6.21 Å². The molecule has 0 heterocycles. The van der Waals surface area contributed by atoms with Crippen LogP contribution in [0.25, 0.3) is 10.8 Å². The quantitative estimate of drug-likeness (QED) is 0.458. The Morgan fingerprint density at radius 1 is 1.14 bits per heavy atom. The third-order valence-electron chi connectivity index (χ3n) is 4.58. The van der Waals surface area contributed by atoms with Crippen molar-refractivity contribution in [1.29, 1.82) is 0 Å². The van der Waals surface area contributed by atoms with Gasteiger partial charge in [-0.3, -0.25) is 4.79 Å². The number of hydrogen-bond acceptors (Lipinski definition) is 5. The Kier molecular flexibility index (Phi) is 6.34. The highest BCUT2D eigenvalue weighted by Crippen LogP contribution is 2.29. The van der Waals surface area contributed by atoms with Crippen LogP contribution < -0.4 is 14.9 Å². The number of carbonyl (C=O) groups is 1. The van der Waals surface area contributed by atoms with E-state index in [1.54, 1.807) is 25.3 Å². The number of nitrogens with zero attached hydrogens (tertiary/aromatic N) is 1. The molecule has 3 rings (SSSR count). The lowest BCUT2D eigenvalue weighted by atomic mass is 10.1. The molecule has 0 aliphatic carbocycles. The molecule has 0 aliphatic heterocycles. The van der Waals surface area contributed by atoms with Crippen molar-refractivity contribution < 1.29 is 19.4 Å². The summed E-state index contributed by atoms with van der Waals surface area (Å²) in [6.45, 7) is 4.04. The first kappa shape index (κ1) is 20.2. The second-order valence-corrected chi connectivity index (χ2v) is 6.66. The number of rotatable bonds is 7. The Bertz CT molecular complexity index is 1050. The van der Waals surface area contributed by atoms with Gasteiger partial charge < -0.3 is 14.6 Å². The van der Waals surface area contributed by atoms with E-state index in [9.17, 15) is 9.90 Å². The van der Waals surface area contributed by atoms with Crippen LogP contribution in [-0.4, -0.2) is 30.4 Å². The number of hydrogen-bond donors (Lipinski definition) is 2. The number of ether oxygens (including phenoxy) is 2. The molecule has 6 heteroatoms. The van der Waals surface area contributed by atoms with Crippen molar-refractivity contribution in [3.8, 4) is 17.2 Å². The number of phenols is 1. The van der Waals surface area contributed by atoms with Gasteiger partial charge >= 0.3 is 0 Å². The molecular formula is C23H24N2O4. The number of carbonyl (C=O) groups excluding carboxylic acids is 1. The van der Waals surface area contributed by atoms with Gasteiger partial charge in [-0.25, -0.2) is 5.43 Å². The maximum absolute atomic E-state index is 12.4. The highest BCUT2D eigenvalue weighted by atomic mass is 16.5. The molecule has 150 valence electrons. The average Bonchev–Trinajstić information content (AvgIpc) is 2.73. The molecule has 0 spiro atoms. The molecule has 0 saturated heterocycles. The van der Waals surface area contributed by atoms with E-state index in [0.29, 0.717) is 11.5 Å². The minimum atomic E-state index is -0.492. The first-order valence-corrected chi connectivity index (χ1v) is 9.41. The van der Waals surface area contributed by atoms with Gasteiger partial charge in [0.25, 0.3) is 5.91 Å². The smallest absolute Gasteiger partial charge is 0.275 e. The summed E-state index contributed by atoms with van der Waals surface area (Å²) >= 11 is 0. The van der Waals surface area contributed by atoms with Crippen molar-refractivity contribution in [1.82, 2.24) is 5.43 Å². The van der Waals surface area contributed by atoms with Crippen LogP contribution in [-0.2, 0) is 0 Å². The number of benzene rings is 3. The van der Waals surface area contributed by atoms with Gasteiger partial charge in [0.2, 0.25) is 0 Å². The summed E-state index contributed by atoms with van der Waals surface area (Å²) in [6, 6.07) is 16.1. The van der Waals surface area contributed by atoms with E-state index in [1.807, 2.05) is 50.2 Å². The Labute approximate surface area is 169 Å². The van der Waals surface area contributed by atoms with Crippen LogP contribution in [0, 0.1) is 0 Å². The highest BCUT2D eigenvalue weighted by molar-refractivity contribution is 6.01. The standard InChI is InChI=1S/C23H24N2O4/c1-4-15(2)29-21-10-9-16(11-22(21)28-3)14-24-25-23(27)19-12-17-7-5-6-8-18(17)13-20(19)26/h5-15,26H,4H2,1-3H3,(H,25,27). The van der Waals surface area contributed by atoms with Gasteiger partial charge in [0.1, 0.15) is 5.75 Å². The fraction of sp³-hybridized carbons (Fsp3) is 0.217. The molecule has 0 saturated carbocycles. The fourth-order valence-electron chi connectivity index (χ4n) is 2.80. The van der Waals surface area contributed by atoms with Crippen molar-refractivity contribution in [2.45, 2.75) is 26.4 Å². The van der Waals surface area contributed by atoms with Gasteiger partial charge in [-0.05, 0) is 60.0 Å². The molecular weight excluding hydrogens is 368 g/mol. The molecule has 1 unspecified atom stereocenters. The molecule has 0 aromatic heterocycles. The van der Waals surface area contributed by atoms with Gasteiger partial charge in [-0.1, -0.05) is 31.2 Å². The molecule has 0 bridgehead atoms. The van der Waals surface area contributed by atoms with Gasteiger partial charge in [-0.2, -0.15) is 5.10 Å². The second kappa shape index (κ2) is 9.10. The summed E-state index contributed by atoms with van der Waals surface area (Å²) < 4.78 is 11.2. The molecule has 2 N–H and O–H groups in total. The number of nitrogens with one attached hydrogen (secondary N) is 1. The molecule has 0 radical (unpaired) electrons. The van der Waals surface area contributed by atoms with Crippen molar-refractivity contribution in [2.24, 2.45) is 5.10 Å². The van der Waals surface area contributed by atoms with Crippen molar-refractivity contribution in [2.75, 3.05) is 7.11 Å². The number of methoxy groups -OCH3 is 1. The average molecular weight is 392 g/mol. The SMILES string of the molecule is CCC(C)Oc1ccc(C=NNC(=O)c2cc3ccccc3cc2O)cc1OC. The molecule has 6 nitrogen and oxygen atoms in total.